The van der Waals surface area contributed by atoms with E-state index in [9.17, 15) is 4.39 Å². The third-order valence-corrected chi connectivity index (χ3v) is 5.23. The lowest BCUT2D eigenvalue weighted by atomic mass is 9.72. The molecule has 5 unspecified atom stereocenters. The maximum absolute atomic E-state index is 14.3. The third kappa shape index (κ3) is 2.72. The van der Waals surface area contributed by atoms with Gasteiger partial charge in [-0.1, -0.05) is 12.8 Å². The number of hydrogen-bond acceptors (Lipinski definition) is 2. The van der Waals surface area contributed by atoms with E-state index in [1.165, 1.54) is 0 Å². The summed E-state index contributed by atoms with van der Waals surface area (Å²) in [7, 11) is 0. The third-order valence-electron chi connectivity index (χ3n) is 4.83. The number of hydrogen-bond donors (Lipinski definition) is 0. The van der Waals surface area contributed by atoms with Gasteiger partial charge in [-0.05, 0) is 39.0 Å². The van der Waals surface area contributed by atoms with E-state index in [1.807, 2.05) is 6.92 Å². The largest absolute Gasteiger partial charge is 0.267 e. The van der Waals surface area contributed by atoms with Crippen molar-refractivity contribution in [3.63, 3.8) is 0 Å². The van der Waals surface area contributed by atoms with Gasteiger partial charge in [0.1, 0.15) is 12.0 Å². The van der Waals surface area contributed by atoms with Crippen LogP contribution in [0.15, 0.2) is 9.98 Å². The zero-order valence-electron chi connectivity index (χ0n) is 11.5. The van der Waals surface area contributed by atoms with E-state index in [-0.39, 0.29) is 11.3 Å². The van der Waals surface area contributed by atoms with Crippen molar-refractivity contribution >= 4 is 23.1 Å². The first kappa shape index (κ1) is 13.5. The maximum atomic E-state index is 14.3. The second-order valence-corrected chi connectivity index (χ2v) is 6.82. The lowest BCUT2D eigenvalue weighted by Crippen LogP contribution is -2.43. The molecule has 0 aromatic heterocycles. The summed E-state index contributed by atoms with van der Waals surface area (Å²) in [6.07, 6.45) is 6.05. The Kier molecular flexibility index (Phi) is 3.93. The van der Waals surface area contributed by atoms with Crippen LogP contribution in [0.2, 0.25) is 0 Å². The van der Waals surface area contributed by atoms with Gasteiger partial charge in [0.15, 0.2) is 0 Å². The molecule has 3 aliphatic rings. The zero-order valence-corrected chi connectivity index (χ0v) is 12.2. The van der Waals surface area contributed by atoms with E-state index in [2.05, 4.69) is 9.98 Å². The number of alkyl halides is 2. The quantitative estimate of drug-likeness (QED) is 0.646. The van der Waals surface area contributed by atoms with E-state index >= 15 is 0 Å². The maximum Gasteiger partial charge on any atom is 0.120 e. The zero-order chi connectivity index (χ0) is 13.4. The van der Waals surface area contributed by atoms with Gasteiger partial charge in [0.05, 0.1) is 6.04 Å². The van der Waals surface area contributed by atoms with Gasteiger partial charge in [0, 0.05) is 22.9 Å². The van der Waals surface area contributed by atoms with Gasteiger partial charge in [-0.25, -0.2) is 9.38 Å². The highest BCUT2D eigenvalue weighted by Gasteiger charge is 2.41. The van der Waals surface area contributed by atoms with Gasteiger partial charge in [0.2, 0.25) is 0 Å². The smallest absolute Gasteiger partial charge is 0.120 e. The van der Waals surface area contributed by atoms with E-state index in [4.69, 9.17) is 11.6 Å². The molecule has 0 saturated heterocycles. The van der Waals surface area contributed by atoms with Gasteiger partial charge in [0.25, 0.3) is 0 Å². The topological polar surface area (TPSA) is 24.7 Å². The molecule has 2 nitrogen and oxygen atoms in total. The van der Waals surface area contributed by atoms with Crippen molar-refractivity contribution in [3.8, 4) is 0 Å². The molecule has 4 heteroatoms. The minimum absolute atomic E-state index is 0.0219. The fourth-order valence-corrected chi connectivity index (χ4v) is 4.21. The average Bonchev–Trinajstić information content (AvgIpc) is 2.39. The summed E-state index contributed by atoms with van der Waals surface area (Å²) in [5, 5.41) is 0.210. The lowest BCUT2D eigenvalue weighted by Gasteiger charge is -2.39. The van der Waals surface area contributed by atoms with E-state index in [0.717, 1.165) is 50.1 Å². The first-order chi connectivity index (χ1) is 9.15. The highest BCUT2D eigenvalue weighted by molar-refractivity contribution is 6.21. The molecule has 2 aliphatic carbocycles. The molecule has 0 aromatic carbocycles. The predicted molar refractivity (Wildman–Crippen MR) is 78.2 cm³/mol. The van der Waals surface area contributed by atoms with Crippen LogP contribution in [0, 0.1) is 11.8 Å². The van der Waals surface area contributed by atoms with Crippen LogP contribution < -0.4 is 0 Å². The van der Waals surface area contributed by atoms with E-state index in [1.54, 1.807) is 0 Å². The Morgan fingerprint density at radius 1 is 1.11 bits per heavy atom. The summed E-state index contributed by atoms with van der Waals surface area (Å²) in [4.78, 5) is 9.30. The lowest BCUT2D eigenvalue weighted by molar-refractivity contribution is 0.202. The van der Waals surface area contributed by atoms with Crippen molar-refractivity contribution in [2.24, 2.45) is 21.8 Å². The minimum atomic E-state index is -0.713. The minimum Gasteiger partial charge on any atom is -0.267 e. The van der Waals surface area contributed by atoms with Crippen molar-refractivity contribution in [3.05, 3.63) is 0 Å². The molecule has 2 fully saturated rings. The molecule has 5 atom stereocenters. The second kappa shape index (κ2) is 5.51. The summed E-state index contributed by atoms with van der Waals surface area (Å²) < 4.78 is 14.3. The Morgan fingerprint density at radius 3 is 2.68 bits per heavy atom. The van der Waals surface area contributed by atoms with Gasteiger partial charge < -0.3 is 0 Å². The molecular formula is C15H22ClFN2. The van der Waals surface area contributed by atoms with E-state index < -0.39 is 6.17 Å². The molecule has 1 aliphatic heterocycles. The van der Waals surface area contributed by atoms with Crippen molar-refractivity contribution in [2.45, 2.75) is 69.5 Å². The number of aliphatic imine (C=N–C) groups is 2. The summed E-state index contributed by atoms with van der Waals surface area (Å²) in [6, 6.07) is 0.302. The summed E-state index contributed by atoms with van der Waals surface area (Å²) in [6.45, 7) is 1.94. The van der Waals surface area contributed by atoms with Crippen LogP contribution in [0.5, 0.6) is 0 Å². The van der Waals surface area contributed by atoms with Gasteiger partial charge in [-0.15, -0.1) is 11.6 Å². The molecule has 0 bridgehead atoms. The molecule has 0 amide bonds. The number of nitrogens with zero attached hydrogens (tertiary/aromatic N) is 2. The number of fused-ring (bicyclic) bond motifs is 1. The molecule has 19 heavy (non-hydrogen) atoms. The van der Waals surface area contributed by atoms with Crippen molar-refractivity contribution in [1.29, 1.82) is 0 Å². The SMILES string of the molecule is CC1=NC2CCC(Cl)CC2C(C2CCCCC2F)=N1. The van der Waals surface area contributed by atoms with Crippen LogP contribution in [-0.4, -0.2) is 29.1 Å². The highest BCUT2D eigenvalue weighted by atomic mass is 35.5. The molecule has 3 rings (SSSR count). The monoisotopic (exact) mass is 284 g/mol. The normalized spacial score (nSPS) is 43.2. The Morgan fingerprint density at radius 2 is 1.89 bits per heavy atom. The molecule has 0 radical (unpaired) electrons. The highest BCUT2D eigenvalue weighted by Crippen LogP contribution is 2.39. The van der Waals surface area contributed by atoms with Crippen LogP contribution in [0.3, 0.4) is 0 Å². The van der Waals surface area contributed by atoms with Crippen LogP contribution in [0.1, 0.15) is 51.9 Å². The number of rotatable bonds is 1. The molecule has 1 heterocycles. The van der Waals surface area contributed by atoms with Crippen LogP contribution in [-0.2, 0) is 0 Å². The summed E-state index contributed by atoms with van der Waals surface area (Å²) in [5.74, 6) is 1.15. The van der Waals surface area contributed by atoms with Crippen LogP contribution in [0.25, 0.3) is 0 Å². The Hall–Kier alpha value is -0.440. The standard InChI is InChI=1S/C15H22ClFN2/c1-9-18-14-7-6-10(16)8-12(14)15(19-9)11-4-2-3-5-13(11)17/h10-14H,2-8H2,1H3. The Labute approximate surface area is 119 Å². The Bertz CT molecular complexity index is 407. The summed E-state index contributed by atoms with van der Waals surface area (Å²) in [5.41, 5.74) is 1.08. The molecule has 2 saturated carbocycles. The predicted octanol–water partition coefficient (Wildman–Crippen LogP) is 4.16. The molecule has 0 N–H and O–H groups in total. The van der Waals surface area contributed by atoms with Gasteiger partial charge in [-0.2, -0.15) is 0 Å². The fourth-order valence-electron chi connectivity index (χ4n) is 3.89. The molecule has 106 valence electrons. The number of halogens is 2. The van der Waals surface area contributed by atoms with E-state index in [0.29, 0.717) is 18.4 Å². The first-order valence-electron chi connectivity index (χ1n) is 7.56. The van der Waals surface area contributed by atoms with Crippen molar-refractivity contribution in [2.75, 3.05) is 0 Å². The van der Waals surface area contributed by atoms with Gasteiger partial charge in [-0.3, -0.25) is 4.99 Å². The molecule has 0 spiro atoms. The van der Waals surface area contributed by atoms with Gasteiger partial charge >= 0.3 is 0 Å². The van der Waals surface area contributed by atoms with Crippen LogP contribution in [0.4, 0.5) is 4.39 Å². The Balaban J connectivity index is 1.86. The average molecular weight is 285 g/mol. The van der Waals surface area contributed by atoms with Crippen molar-refractivity contribution in [1.82, 2.24) is 0 Å². The van der Waals surface area contributed by atoms with Crippen LogP contribution >= 0.6 is 11.6 Å². The first-order valence-corrected chi connectivity index (χ1v) is 8.00. The molecule has 0 aromatic rings. The summed E-state index contributed by atoms with van der Waals surface area (Å²) >= 11 is 6.32. The molecular weight excluding hydrogens is 263 g/mol. The van der Waals surface area contributed by atoms with Crippen molar-refractivity contribution < 1.29 is 4.39 Å². The fraction of sp³-hybridized carbons (Fsp3) is 0.867. The number of amidine groups is 1. The second-order valence-electron chi connectivity index (χ2n) is 6.20.